The minimum absolute atomic E-state index is 0.0516. The molecule has 4 aromatic rings. The van der Waals surface area contributed by atoms with Crippen molar-refractivity contribution < 1.29 is 14.0 Å². The maximum absolute atomic E-state index is 13.7. The molecule has 0 saturated heterocycles. The number of aromatic nitrogens is 1. The summed E-state index contributed by atoms with van der Waals surface area (Å²) in [7, 11) is 0. The smallest absolute Gasteiger partial charge is 0.322 e. The van der Waals surface area contributed by atoms with Crippen LogP contribution in [0.5, 0.6) is 0 Å². The molecule has 204 valence electrons. The van der Waals surface area contributed by atoms with Gasteiger partial charge in [-0.3, -0.25) is 4.79 Å². The van der Waals surface area contributed by atoms with Crippen molar-refractivity contribution in [2.45, 2.75) is 40.7 Å². The van der Waals surface area contributed by atoms with E-state index in [0.717, 1.165) is 38.8 Å². The fourth-order valence-electron chi connectivity index (χ4n) is 4.77. The zero-order valence-electron chi connectivity index (χ0n) is 23.1. The number of urea groups is 1. The molecule has 0 radical (unpaired) electrons. The molecule has 1 aromatic heterocycles. The maximum Gasteiger partial charge on any atom is 0.322 e. The van der Waals surface area contributed by atoms with Crippen molar-refractivity contribution >= 4 is 28.5 Å². The number of aryl methyl sites for hydroxylation is 2. The average Bonchev–Trinajstić information content (AvgIpc) is 3.31. The second kappa shape index (κ2) is 12.6. The monoisotopic (exact) mass is 528 g/mol. The van der Waals surface area contributed by atoms with Crippen LogP contribution in [-0.4, -0.2) is 46.4 Å². The summed E-state index contributed by atoms with van der Waals surface area (Å²) in [5, 5.41) is 4.11. The Balaban J connectivity index is 1.52. The topological polar surface area (TPSA) is 68.4 Å². The third kappa shape index (κ3) is 7.47. The Morgan fingerprint density at radius 3 is 2.44 bits per heavy atom. The van der Waals surface area contributed by atoms with Gasteiger partial charge in [-0.15, -0.1) is 0 Å². The van der Waals surface area contributed by atoms with Gasteiger partial charge in [0.2, 0.25) is 5.91 Å². The highest BCUT2D eigenvalue weighted by Gasteiger charge is 2.23. The van der Waals surface area contributed by atoms with E-state index in [0.29, 0.717) is 26.1 Å². The summed E-state index contributed by atoms with van der Waals surface area (Å²) in [4.78, 5) is 33.7. The van der Waals surface area contributed by atoms with Gasteiger partial charge in [-0.2, -0.15) is 0 Å². The normalized spacial score (nSPS) is 11.1. The number of aromatic amines is 1. The quantitative estimate of drug-likeness (QED) is 0.241. The minimum Gasteiger partial charge on any atom is -0.361 e. The molecule has 3 aromatic carbocycles. The van der Waals surface area contributed by atoms with Crippen molar-refractivity contribution in [1.29, 1.82) is 0 Å². The molecule has 0 unspecified atom stereocenters. The van der Waals surface area contributed by atoms with E-state index in [2.05, 4.69) is 16.4 Å². The molecule has 0 spiro atoms. The molecular weight excluding hydrogens is 491 g/mol. The summed E-state index contributed by atoms with van der Waals surface area (Å²) in [6.07, 6.45) is 2.63. The van der Waals surface area contributed by atoms with E-state index in [1.165, 1.54) is 12.1 Å². The minimum atomic E-state index is -0.318. The van der Waals surface area contributed by atoms with E-state index in [9.17, 15) is 14.0 Å². The summed E-state index contributed by atoms with van der Waals surface area (Å²) in [6, 6.07) is 19.8. The molecule has 0 saturated carbocycles. The van der Waals surface area contributed by atoms with Crippen LogP contribution < -0.4 is 5.32 Å². The van der Waals surface area contributed by atoms with Crippen LogP contribution in [0.3, 0.4) is 0 Å². The van der Waals surface area contributed by atoms with Crippen molar-refractivity contribution in [1.82, 2.24) is 14.8 Å². The van der Waals surface area contributed by atoms with Gasteiger partial charge >= 0.3 is 6.03 Å². The van der Waals surface area contributed by atoms with Crippen LogP contribution in [0.2, 0.25) is 0 Å². The highest BCUT2D eigenvalue weighted by molar-refractivity contribution is 5.93. The molecule has 39 heavy (non-hydrogen) atoms. The third-order valence-corrected chi connectivity index (χ3v) is 6.79. The number of carbonyl (C=O) groups excluding carboxylic acids is 2. The number of anilines is 1. The number of para-hydroxylation sites is 1. The first-order chi connectivity index (χ1) is 18.7. The van der Waals surface area contributed by atoms with E-state index < -0.39 is 0 Å². The van der Waals surface area contributed by atoms with Crippen molar-refractivity contribution in [3.8, 4) is 0 Å². The number of halogens is 1. The molecule has 0 aliphatic heterocycles. The number of nitrogens with zero attached hydrogens (tertiary/aromatic N) is 2. The second-order valence-corrected chi connectivity index (χ2v) is 10.6. The lowest BCUT2D eigenvalue weighted by Gasteiger charge is -2.29. The molecule has 0 aliphatic rings. The molecule has 1 heterocycles. The van der Waals surface area contributed by atoms with Crippen molar-refractivity contribution in [3.05, 3.63) is 101 Å². The number of fused-ring (bicyclic) bond motifs is 1. The van der Waals surface area contributed by atoms with Gasteiger partial charge in [0.05, 0.1) is 0 Å². The van der Waals surface area contributed by atoms with E-state index >= 15 is 0 Å². The van der Waals surface area contributed by atoms with E-state index in [4.69, 9.17) is 0 Å². The molecule has 0 fully saturated rings. The number of nitrogens with one attached hydrogen (secondary N) is 2. The van der Waals surface area contributed by atoms with Crippen LogP contribution in [0.15, 0.2) is 72.9 Å². The lowest BCUT2D eigenvalue weighted by atomic mass is 10.1. The second-order valence-electron chi connectivity index (χ2n) is 10.6. The lowest BCUT2D eigenvalue weighted by Crippen LogP contribution is -2.46. The first kappa shape index (κ1) is 27.9. The van der Waals surface area contributed by atoms with Crippen LogP contribution in [0.4, 0.5) is 14.9 Å². The molecule has 4 rings (SSSR count). The zero-order chi connectivity index (χ0) is 27.9. The Hall–Kier alpha value is -4.13. The van der Waals surface area contributed by atoms with Gasteiger partial charge in [0.15, 0.2) is 0 Å². The summed E-state index contributed by atoms with van der Waals surface area (Å²) >= 11 is 0. The highest BCUT2D eigenvalue weighted by Crippen LogP contribution is 2.20. The Morgan fingerprint density at radius 2 is 1.72 bits per heavy atom. The van der Waals surface area contributed by atoms with Gasteiger partial charge in [-0.1, -0.05) is 61.9 Å². The molecule has 2 N–H and O–H groups in total. The fraction of sp³-hybridized carbons (Fsp3) is 0.312. The van der Waals surface area contributed by atoms with Crippen LogP contribution in [0.25, 0.3) is 10.9 Å². The van der Waals surface area contributed by atoms with E-state index in [1.54, 1.807) is 21.9 Å². The summed E-state index contributed by atoms with van der Waals surface area (Å²) in [5.41, 5.74) is 5.82. The number of rotatable bonds is 10. The van der Waals surface area contributed by atoms with Gasteiger partial charge in [0, 0.05) is 42.4 Å². The van der Waals surface area contributed by atoms with Gasteiger partial charge < -0.3 is 20.1 Å². The van der Waals surface area contributed by atoms with Crippen molar-refractivity contribution in [2.24, 2.45) is 5.92 Å². The van der Waals surface area contributed by atoms with E-state index in [1.807, 2.05) is 70.3 Å². The van der Waals surface area contributed by atoms with Crippen LogP contribution in [0.1, 0.15) is 36.1 Å². The predicted molar refractivity (Wildman–Crippen MR) is 155 cm³/mol. The number of hydrogen-bond acceptors (Lipinski definition) is 2. The van der Waals surface area contributed by atoms with Crippen molar-refractivity contribution in [3.63, 3.8) is 0 Å². The molecule has 0 bridgehead atoms. The molecule has 0 atom stereocenters. The number of hydrogen-bond donors (Lipinski definition) is 2. The van der Waals surface area contributed by atoms with Crippen LogP contribution in [-0.2, 0) is 17.8 Å². The number of carbonyl (C=O) groups is 2. The average molecular weight is 529 g/mol. The lowest BCUT2D eigenvalue weighted by molar-refractivity contribution is -0.132. The predicted octanol–water partition coefficient (Wildman–Crippen LogP) is 6.69. The molecule has 6 nitrogen and oxygen atoms in total. The largest absolute Gasteiger partial charge is 0.361 e. The molecule has 0 aliphatic carbocycles. The van der Waals surface area contributed by atoms with Crippen LogP contribution >= 0.6 is 0 Å². The molecule has 3 amide bonds. The first-order valence-electron chi connectivity index (χ1n) is 13.4. The number of H-pyrrole nitrogens is 1. The zero-order valence-corrected chi connectivity index (χ0v) is 23.1. The Labute approximate surface area is 229 Å². The maximum atomic E-state index is 13.7. The Kier molecular flexibility index (Phi) is 9.02. The Bertz CT molecular complexity index is 1430. The van der Waals surface area contributed by atoms with Gasteiger partial charge in [-0.05, 0) is 67.1 Å². The first-order valence-corrected chi connectivity index (χ1v) is 13.4. The summed E-state index contributed by atoms with van der Waals surface area (Å²) in [6.45, 7) is 9.19. The molecule has 7 heteroatoms. The van der Waals surface area contributed by atoms with Crippen molar-refractivity contribution in [2.75, 3.05) is 25.0 Å². The number of amides is 3. The van der Waals surface area contributed by atoms with Gasteiger partial charge in [-0.25, -0.2) is 9.18 Å². The third-order valence-electron chi connectivity index (χ3n) is 6.79. The standard InChI is InChI=1S/C32H37FN4O2/c1-22(2)19-37(32(39)35-29-14-9-23(3)17-24(29)4)21-31(38)36(20-25-10-12-27(33)13-11-25)16-15-26-18-34-30-8-6-5-7-28(26)30/h5-14,17-18,22,34H,15-16,19-21H2,1-4H3,(H,35,39). The van der Waals surface area contributed by atoms with E-state index in [-0.39, 0.29) is 30.2 Å². The van der Waals surface area contributed by atoms with Crippen LogP contribution in [0, 0.1) is 25.6 Å². The number of benzene rings is 3. The van der Waals surface area contributed by atoms with Gasteiger partial charge in [0.25, 0.3) is 0 Å². The Morgan fingerprint density at radius 1 is 0.974 bits per heavy atom. The summed E-state index contributed by atoms with van der Waals surface area (Å²) in [5.74, 6) is -0.295. The summed E-state index contributed by atoms with van der Waals surface area (Å²) < 4.78 is 13.5. The molecular formula is C32H37FN4O2. The SMILES string of the molecule is Cc1ccc(NC(=O)N(CC(=O)N(CCc2c[nH]c3ccccc23)Cc2ccc(F)cc2)CC(C)C)c(C)c1. The van der Waals surface area contributed by atoms with Gasteiger partial charge in [0.1, 0.15) is 12.4 Å². The fourth-order valence-corrected chi connectivity index (χ4v) is 4.77. The highest BCUT2D eigenvalue weighted by atomic mass is 19.1.